The number of alkyl halides is 3. The van der Waals surface area contributed by atoms with Crippen LogP contribution in [-0.2, 0) is 11.3 Å². The first-order valence-corrected chi connectivity index (χ1v) is 11.6. The van der Waals surface area contributed by atoms with Crippen molar-refractivity contribution >= 4 is 51.7 Å². The molecule has 0 aliphatic carbocycles. The fourth-order valence-corrected chi connectivity index (χ4v) is 4.39. The van der Waals surface area contributed by atoms with Gasteiger partial charge in [-0.15, -0.1) is 0 Å². The van der Waals surface area contributed by atoms with E-state index in [4.69, 9.17) is 4.74 Å². The molecule has 7 nitrogen and oxygen atoms in total. The van der Waals surface area contributed by atoms with Crippen molar-refractivity contribution in [3.05, 3.63) is 78.5 Å². The lowest BCUT2D eigenvalue weighted by Gasteiger charge is -2.30. The van der Waals surface area contributed by atoms with Gasteiger partial charge in [0.25, 0.3) is 5.91 Å². The van der Waals surface area contributed by atoms with Gasteiger partial charge >= 0.3 is 11.5 Å². The summed E-state index contributed by atoms with van der Waals surface area (Å²) < 4.78 is 43.2. The van der Waals surface area contributed by atoms with Crippen molar-refractivity contribution in [1.29, 1.82) is 0 Å². The maximum absolute atomic E-state index is 12.6. The van der Waals surface area contributed by atoms with E-state index in [1.54, 1.807) is 36.4 Å². The Bertz CT molecular complexity index is 1440. The first kappa shape index (κ1) is 23.6. The van der Waals surface area contributed by atoms with E-state index in [-0.39, 0.29) is 35.7 Å². The summed E-state index contributed by atoms with van der Waals surface area (Å²) in [7, 11) is 0. The summed E-state index contributed by atoms with van der Waals surface area (Å²) in [6.45, 7) is -0.0263. The lowest BCUT2D eigenvalue weighted by molar-refractivity contribution is -0.121. The summed E-state index contributed by atoms with van der Waals surface area (Å²) in [6, 6.07) is 17.8. The van der Waals surface area contributed by atoms with Crippen LogP contribution in [0.2, 0.25) is 0 Å². The van der Waals surface area contributed by atoms with Gasteiger partial charge in [0.05, 0.1) is 12.2 Å². The van der Waals surface area contributed by atoms with Crippen molar-refractivity contribution in [3.63, 3.8) is 0 Å². The summed E-state index contributed by atoms with van der Waals surface area (Å²) in [5.74, 6) is 0.124. The SMILES string of the molecule is O=C(Nc1ccc2c(c1)OCC(=O)N2Cc1ccc(SC(F)(F)F)cc1)Nc1ccc2cc[nH]c2c1. The summed E-state index contributed by atoms with van der Waals surface area (Å²) >= 11 is -0.190. The first-order chi connectivity index (χ1) is 17.2. The van der Waals surface area contributed by atoms with Crippen molar-refractivity contribution in [1.82, 2.24) is 4.98 Å². The number of carbonyl (C=O) groups excluding carboxylic acids is 2. The monoisotopic (exact) mass is 512 g/mol. The number of benzene rings is 3. The number of halogens is 3. The molecule has 36 heavy (non-hydrogen) atoms. The Morgan fingerprint density at radius 1 is 1.00 bits per heavy atom. The van der Waals surface area contributed by atoms with E-state index < -0.39 is 11.5 Å². The quantitative estimate of drug-likeness (QED) is 0.272. The number of hydrogen-bond acceptors (Lipinski definition) is 4. The molecule has 0 saturated heterocycles. The van der Waals surface area contributed by atoms with E-state index >= 15 is 0 Å². The largest absolute Gasteiger partial charge is 0.481 e. The van der Waals surface area contributed by atoms with Crippen LogP contribution in [-0.4, -0.2) is 29.0 Å². The molecule has 1 aliphatic heterocycles. The zero-order valence-electron chi connectivity index (χ0n) is 18.6. The van der Waals surface area contributed by atoms with E-state index in [0.717, 1.165) is 10.9 Å². The highest BCUT2D eigenvalue weighted by atomic mass is 32.2. The lowest BCUT2D eigenvalue weighted by atomic mass is 10.1. The topological polar surface area (TPSA) is 86.5 Å². The average molecular weight is 513 g/mol. The highest BCUT2D eigenvalue weighted by Crippen LogP contribution is 2.38. The van der Waals surface area contributed by atoms with Crippen molar-refractivity contribution in [2.45, 2.75) is 16.9 Å². The van der Waals surface area contributed by atoms with E-state index in [0.29, 0.717) is 28.4 Å². The lowest BCUT2D eigenvalue weighted by Crippen LogP contribution is -2.38. The second-order valence-corrected chi connectivity index (χ2v) is 9.14. The van der Waals surface area contributed by atoms with Crippen LogP contribution in [0.4, 0.5) is 35.0 Å². The minimum absolute atomic E-state index is 0.0711. The second kappa shape index (κ2) is 9.50. The zero-order chi connectivity index (χ0) is 25.3. The molecule has 5 rings (SSSR count). The Morgan fingerprint density at radius 2 is 1.72 bits per heavy atom. The van der Waals surface area contributed by atoms with Gasteiger partial charge in [0.15, 0.2) is 6.61 Å². The molecule has 0 saturated carbocycles. The van der Waals surface area contributed by atoms with E-state index in [9.17, 15) is 22.8 Å². The van der Waals surface area contributed by atoms with Crippen molar-refractivity contribution in [2.24, 2.45) is 0 Å². The molecule has 1 aliphatic rings. The Hall–Kier alpha value is -4.12. The number of aromatic nitrogens is 1. The summed E-state index contributed by atoms with van der Waals surface area (Å²) in [6.07, 6.45) is 1.82. The normalized spacial score (nSPS) is 13.3. The molecule has 1 aromatic heterocycles. The van der Waals surface area contributed by atoms with Gasteiger partial charge in [0, 0.05) is 34.1 Å². The van der Waals surface area contributed by atoms with E-state index in [1.165, 1.54) is 17.0 Å². The molecule has 3 aromatic carbocycles. The van der Waals surface area contributed by atoms with Crippen LogP contribution in [0.25, 0.3) is 10.9 Å². The van der Waals surface area contributed by atoms with E-state index in [1.807, 2.05) is 24.4 Å². The molecular formula is C25H19F3N4O3S. The first-order valence-electron chi connectivity index (χ1n) is 10.8. The molecule has 0 radical (unpaired) electrons. The van der Waals surface area contributed by atoms with Gasteiger partial charge in [0.1, 0.15) is 5.75 Å². The van der Waals surface area contributed by atoms with Crippen LogP contribution in [0, 0.1) is 0 Å². The van der Waals surface area contributed by atoms with Gasteiger partial charge in [0.2, 0.25) is 0 Å². The van der Waals surface area contributed by atoms with Gasteiger partial charge in [-0.2, -0.15) is 13.2 Å². The molecule has 0 unspecified atom stereocenters. The Balaban J connectivity index is 1.27. The van der Waals surface area contributed by atoms with Gasteiger partial charge in [-0.05, 0) is 65.2 Å². The second-order valence-electron chi connectivity index (χ2n) is 8.00. The number of aromatic amines is 1. The van der Waals surface area contributed by atoms with Gasteiger partial charge in [-0.3, -0.25) is 4.79 Å². The number of carbonyl (C=O) groups is 2. The molecule has 0 fully saturated rings. The number of fused-ring (bicyclic) bond motifs is 2. The number of rotatable bonds is 5. The standard InChI is InChI=1S/C25H19F3N4O3S/c26-25(27,28)36-19-6-1-15(2-7-19)13-32-21-8-5-18(12-22(21)35-14-23(32)33)31-24(34)30-17-4-3-16-9-10-29-20(16)11-17/h1-12,29H,13-14H2,(H2,30,31,34). The highest BCUT2D eigenvalue weighted by Gasteiger charge is 2.29. The minimum Gasteiger partial charge on any atom is -0.481 e. The number of nitrogens with zero attached hydrogens (tertiary/aromatic N) is 1. The Morgan fingerprint density at radius 3 is 2.47 bits per heavy atom. The molecule has 3 N–H and O–H groups in total. The number of anilines is 3. The summed E-state index contributed by atoms with van der Waals surface area (Å²) in [4.78, 5) is 29.7. The average Bonchev–Trinajstić information content (AvgIpc) is 3.29. The number of urea groups is 1. The molecule has 0 spiro atoms. The Kier molecular flexibility index (Phi) is 6.23. The number of nitrogens with one attached hydrogen (secondary N) is 3. The molecule has 4 aromatic rings. The fraction of sp³-hybridized carbons (Fsp3) is 0.120. The summed E-state index contributed by atoms with van der Waals surface area (Å²) in [5, 5.41) is 6.55. The minimum atomic E-state index is -4.36. The number of amides is 3. The highest BCUT2D eigenvalue weighted by molar-refractivity contribution is 8.00. The summed E-state index contributed by atoms with van der Waals surface area (Å²) in [5.41, 5.74) is -1.21. The van der Waals surface area contributed by atoms with Crippen LogP contribution in [0.1, 0.15) is 5.56 Å². The predicted octanol–water partition coefficient (Wildman–Crippen LogP) is 6.35. The number of ether oxygens (including phenoxy) is 1. The molecule has 2 heterocycles. The number of thioether (sulfide) groups is 1. The van der Waals surface area contributed by atoms with Crippen molar-refractivity contribution < 1.29 is 27.5 Å². The molecule has 184 valence electrons. The Labute approximate surface area is 207 Å². The van der Waals surface area contributed by atoms with Crippen molar-refractivity contribution in [3.8, 4) is 5.75 Å². The van der Waals surface area contributed by atoms with Crippen LogP contribution in [0.5, 0.6) is 5.75 Å². The third-order valence-corrected chi connectivity index (χ3v) is 6.21. The third kappa shape index (κ3) is 5.41. The molecule has 3 amide bonds. The molecule has 0 atom stereocenters. The van der Waals surface area contributed by atoms with Gasteiger partial charge < -0.3 is 25.3 Å². The van der Waals surface area contributed by atoms with Crippen LogP contribution in [0.3, 0.4) is 0 Å². The maximum Gasteiger partial charge on any atom is 0.446 e. The predicted molar refractivity (Wildman–Crippen MR) is 132 cm³/mol. The van der Waals surface area contributed by atoms with Gasteiger partial charge in [-0.1, -0.05) is 18.2 Å². The van der Waals surface area contributed by atoms with Crippen LogP contribution in [0.15, 0.2) is 77.8 Å². The van der Waals surface area contributed by atoms with Crippen LogP contribution >= 0.6 is 11.8 Å². The molecular weight excluding hydrogens is 493 g/mol. The zero-order valence-corrected chi connectivity index (χ0v) is 19.4. The van der Waals surface area contributed by atoms with E-state index in [2.05, 4.69) is 15.6 Å². The maximum atomic E-state index is 12.6. The van der Waals surface area contributed by atoms with Gasteiger partial charge in [-0.25, -0.2) is 4.79 Å². The fourth-order valence-electron chi connectivity index (χ4n) is 3.85. The number of hydrogen-bond donors (Lipinski definition) is 3. The smallest absolute Gasteiger partial charge is 0.446 e. The molecule has 11 heteroatoms. The number of H-pyrrole nitrogens is 1. The van der Waals surface area contributed by atoms with Crippen LogP contribution < -0.4 is 20.3 Å². The third-order valence-electron chi connectivity index (χ3n) is 5.47. The van der Waals surface area contributed by atoms with Crippen molar-refractivity contribution in [2.75, 3.05) is 22.1 Å². The molecule has 0 bridgehead atoms.